The summed E-state index contributed by atoms with van der Waals surface area (Å²) in [5.74, 6) is 0.692. The predicted molar refractivity (Wildman–Crippen MR) is 77.6 cm³/mol. The van der Waals surface area contributed by atoms with Crippen LogP contribution in [0.4, 0.5) is 0 Å². The fourth-order valence-electron chi connectivity index (χ4n) is 2.75. The second-order valence-corrected chi connectivity index (χ2v) is 8.14. The van der Waals surface area contributed by atoms with E-state index in [1.807, 2.05) is 12.1 Å². The van der Waals surface area contributed by atoms with Crippen molar-refractivity contribution in [3.8, 4) is 0 Å². The Morgan fingerprint density at radius 1 is 1.25 bits per heavy atom. The van der Waals surface area contributed by atoms with Gasteiger partial charge in [0.25, 0.3) is 5.91 Å². The molecule has 20 heavy (non-hydrogen) atoms. The maximum Gasteiger partial charge on any atom is 0.251 e. The largest absolute Gasteiger partial charge is 0.351 e. The molecule has 4 nitrogen and oxygen atoms in total. The first-order valence-corrected chi connectivity index (χ1v) is 8.87. The third-order valence-corrected chi connectivity index (χ3v) is 6.43. The van der Waals surface area contributed by atoms with Crippen LogP contribution >= 0.6 is 0 Å². The number of benzene rings is 1. The second-order valence-electron chi connectivity index (χ2n) is 5.74. The Bertz CT molecular complexity index is 620. The summed E-state index contributed by atoms with van der Waals surface area (Å²) in [6.07, 6.45) is 3.77. The van der Waals surface area contributed by atoms with Crippen molar-refractivity contribution in [3.63, 3.8) is 0 Å². The SMILES string of the molecule is O=C(NCC1CCCS1(=O)=O)c1cccc(C2CC2)c1. The zero-order valence-electron chi connectivity index (χ0n) is 11.3. The van der Waals surface area contributed by atoms with Gasteiger partial charge in [-0.05, 0) is 49.3 Å². The number of hydrogen-bond acceptors (Lipinski definition) is 3. The van der Waals surface area contributed by atoms with Crippen molar-refractivity contribution in [3.05, 3.63) is 35.4 Å². The number of nitrogens with one attached hydrogen (secondary N) is 1. The van der Waals surface area contributed by atoms with E-state index in [-0.39, 0.29) is 18.2 Å². The molecule has 1 saturated heterocycles. The van der Waals surface area contributed by atoms with Gasteiger partial charge in [0.15, 0.2) is 9.84 Å². The third-order valence-electron chi connectivity index (χ3n) is 4.15. The predicted octanol–water partition coefficient (Wildman–Crippen LogP) is 1.87. The molecule has 1 aliphatic carbocycles. The van der Waals surface area contributed by atoms with Gasteiger partial charge in [0.2, 0.25) is 0 Å². The molecule has 0 aromatic heterocycles. The van der Waals surface area contributed by atoms with Gasteiger partial charge in [-0.2, -0.15) is 0 Å². The fourth-order valence-corrected chi connectivity index (χ4v) is 4.51. The van der Waals surface area contributed by atoms with Crippen LogP contribution in [0.2, 0.25) is 0 Å². The van der Waals surface area contributed by atoms with E-state index >= 15 is 0 Å². The molecule has 1 amide bonds. The minimum absolute atomic E-state index is 0.172. The first-order chi connectivity index (χ1) is 9.56. The zero-order valence-corrected chi connectivity index (χ0v) is 12.2. The summed E-state index contributed by atoms with van der Waals surface area (Å²) in [5, 5.41) is 2.36. The molecule has 1 unspecified atom stereocenters. The molecule has 1 heterocycles. The highest BCUT2D eigenvalue weighted by Crippen LogP contribution is 2.40. The van der Waals surface area contributed by atoms with E-state index < -0.39 is 15.1 Å². The van der Waals surface area contributed by atoms with E-state index in [1.165, 1.54) is 18.4 Å². The minimum Gasteiger partial charge on any atom is -0.351 e. The molecule has 5 heteroatoms. The minimum atomic E-state index is -2.99. The van der Waals surface area contributed by atoms with Crippen LogP contribution in [0.15, 0.2) is 24.3 Å². The Hall–Kier alpha value is -1.36. The molecule has 0 radical (unpaired) electrons. The molecule has 1 aromatic carbocycles. The van der Waals surface area contributed by atoms with E-state index in [4.69, 9.17) is 0 Å². The van der Waals surface area contributed by atoms with Crippen LogP contribution < -0.4 is 5.32 Å². The van der Waals surface area contributed by atoms with Gasteiger partial charge in [-0.3, -0.25) is 4.79 Å². The highest BCUT2D eigenvalue weighted by Gasteiger charge is 2.31. The quantitative estimate of drug-likeness (QED) is 0.922. The first-order valence-electron chi connectivity index (χ1n) is 7.16. The molecule has 2 aliphatic rings. The second kappa shape index (κ2) is 5.20. The van der Waals surface area contributed by atoms with Gasteiger partial charge in [-0.15, -0.1) is 0 Å². The summed E-state index contributed by atoms with van der Waals surface area (Å²) in [4.78, 5) is 12.1. The van der Waals surface area contributed by atoms with Crippen molar-refractivity contribution in [1.29, 1.82) is 0 Å². The summed E-state index contributed by atoms with van der Waals surface area (Å²) in [5.41, 5.74) is 1.84. The van der Waals surface area contributed by atoms with Crippen molar-refractivity contribution in [1.82, 2.24) is 5.32 Å². The molecular weight excluding hydrogens is 274 g/mol. The van der Waals surface area contributed by atoms with Gasteiger partial charge in [-0.25, -0.2) is 8.42 Å². The highest BCUT2D eigenvalue weighted by atomic mass is 32.2. The topological polar surface area (TPSA) is 63.2 Å². The molecule has 0 spiro atoms. The molecule has 0 bridgehead atoms. The molecule has 2 fully saturated rings. The van der Waals surface area contributed by atoms with Crippen LogP contribution in [0.25, 0.3) is 0 Å². The summed E-state index contributed by atoms with van der Waals surface area (Å²) in [6.45, 7) is 0.231. The van der Waals surface area contributed by atoms with Crippen LogP contribution in [-0.2, 0) is 9.84 Å². The van der Waals surface area contributed by atoms with Gasteiger partial charge < -0.3 is 5.32 Å². The van der Waals surface area contributed by atoms with Crippen molar-refractivity contribution >= 4 is 15.7 Å². The maximum atomic E-state index is 12.1. The zero-order chi connectivity index (χ0) is 14.2. The van der Waals surface area contributed by atoms with Crippen LogP contribution in [0.1, 0.15) is 47.5 Å². The lowest BCUT2D eigenvalue weighted by Crippen LogP contribution is -2.34. The molecule has 1 aliphatic heterocycles. The van der Waals surface area contributed by atoms with E-state index in [0.29, 0.717) is 24.3 Å². The Labute approximate surface area is 119 Å². The van der Waals surface area contributed by atoms with Gasteiger partial charge in [0.05, 0.1) is 11.0 Å². The smallest absolute Gasteiger partial charge is 0.251 e. The summed E-state index contributed by atoms with van der Waals surface area (Å²) < 4.78 is 23.4. The standard InChI is InChI=1S/C15H19NO3S/c17-15(16-10-14-5-2-8-20(14,18)19)13-4-1-3-12(9-13)11-6-7-11/h1,3-4,9,11,14H,2,5-8,10H2,(H,16,17). The number of sulfone groups is 1. The van der Waals surface area contributed by atoms with Crippen molar-refractivity contribution < 1.29 is 13.2 Å². The highest BCUT2D eigenvalue weighted by molar-refractivity contribution is 7.92. The number of carbonyl (C=O) groups excluding carboxylic acids is 1. The van der Waals surface area contributed by atoms with E-state index in [0.717, 1.165) is 0 Å². The van der Waals surface area contributed by atoms with Gasteiger partial charge in [-0.1, -0.05) is 12.1 Å². The number of amides is 1. The fraction of sp³-hybridized carbons (Fsp3) is 0.533. The van der Waals surface area contributed by atoms with Crippen LogP contribution in [0.3, 0.4) is 0 Å². The molecule has 1 atom stereocenters. The van der Waals surface area contributed by atoms with Crippen LogP contribution in [-0.4, -0.2) is 31.9 Å². The van der Waals surface area contributed by atoms with Crippen molar-refractivity contribution in [2.24, 2.45) is 0 Å². The van der Waals surface area contributed by atoms with Crippen LogP contribution in [0.5, 0.6) is 0 Å². The van der Waals surface area contributed by atoms with Crippen LogP contribution in [0, 0.1) is 0 Å². The van der Waals surface area contributed by atoms with E-state index in [1.54, 1.807) is 6.07 Å². The molecule has 3 rings (SSSR count). The van der Waals surface area contributed by atoms with Crippen molar-refractivity contribution in [2.45, 2.75) is 36.9 Å². The molecule has 1 N–H and O–H groups in total. The normalized spacial score (nSPS) is 24.5. The Kier molecular flexibility index (Phi) is 3.54. The number of carbonyl (C=O) groups is 1. The molecule has 108 valence electrons. The average molecular weight is 293 g/mol. The lowest BCUT2D eigenvalue weighted by Gasteiger charge is -2.11. The van der Waals surface area contributed by atoms with E-state index in [2.05, 4.69) is 11.4 Å². The average Bonchev–Trinajstić information content (AvgIpc) is 3.22. The van der Waals surface area contributed by atoms with Gasteiger partial charge in [0, 0.05) is 12.1 Å². The third kappa shape index (κ3) is 2.87. The van der Waals surface area contributed by atoms with Gasteiger partial charge in [0.1, 0.15) is 0 Å². The molecular formula is C15H19NO3S. The Morgan fingerprint density at radius 2 is 2.05 bits per heavy atom. The van der Waals surface area contributed by atoms with E-state index in [9.17, 15) is 13.2 Å². The monoisotopic (exact) mass is 293 g/mol. The maximum absolute atomic E-state index is 12.1. The van der Waals surface area contributed by atoms with Crippen molar-refractivity contribution in [2.75, 3.05) is 12.3 Å². The number of hydrogen-bond donors (Lipinski definition) is 1. The summed E-state index contributed by atoms with van der Waals surface area (Å²) in [7, 11) is -2.99. The summed E-state index contributed by atoms with van der Waals surface area (Å²) in [6, 6.07) is 7.66. The Balaban J connectivity index is 1.63. The lowest BCUT2D eigenvalue weighted by atomic mass is 10.1. The molecule has 1 saturated carbocycles. The van der Waals surface area contributed by atoms with Gasteiger partial charge >= 0.3 is 0 Å². The Morgan fingerprint density at radius 3 is 2.70 bits per heavy atom. The number of rotatable bonds is 4. The summed E-state index contributed by atoms with van der Waals surface area (Å²) >= 11 is 0. The molecule has 1 aromatic rings. The lowest BCUT2D eigenvalue weighted by molar-refractivity contribution is 0.0953. The first kappa shape index (κ1) is 13.6.